The van der Waals surface area contributed by atoms with Crippen LogP contribution < -0.4 is 10.6 Å². The molecular weight excluding hydrogens is 268 g/mol. The molecule has 0 aromatic carbocycles. The molecule has 1 unspecified atom stereocenters. The number of amides is 1. The van der Waals surface area contributed by atoms with E-state index in [1.807, 2.05) is 13.8 Å². The highest BCUT2D eigenvalue weighted by Gasteiger charge is 2.43. The highest BCUT2D eigenvalue weighted by atomic mass is 16.4. The van der Waals surface area contributed by atoms with Crippen LogP contribution in [0.15, 0.2) is 0 Å². The van der Waals surface area contributed by atoms with Gasteiger partial charge in [-0.1, -0.05) is 26.7 Å². The largest absolute Gasteiger partial charge is 0.481 e. The minimum Gasteiger partial charge on any atom is -0.481 e. The lowest BCUT2D eigenvalue weighted by molar-refractivity contribution is -0.149. The first-order valence-corrected chi connectivity index (χ1v) is 8.11. The van der Waals surface area contributed by atoms with Gasteiger partial charge in [0.05, 0.1) is 5.41 Å². The summed E-state index contributed by atoms with van der Waals surface area (Å²) < 4.78 is 0. The average Bonchev–Trinajstić information content (AvgIpc) is 2.96. The predicted octanol–water partition coefficient (Wildman–Crippen LogP) is 1.77. The van der Waals surface area contributed by atoms with Crippen LogP contribution in [0.25, 0.3) is 0 Å². The second-order valence-corrected chi connectivity index (χ2v) is 7.24. The molecule has 0 spiro atoms. The topological polar surface area (TPSA) is 78.4 Å². The molecule has 1 aliphatic carbocycles. The molecule has 1 aliphatic heterocycles. The van der Waals surface area contributed by atoms with E-state index in [9.17, 15) is 14.7 Å². The molecule has 2 rings (SSSR count). The Labute approximate surface area is 126 Å². The van der Waals surface area contributed by atoms with E-state index in [0.29, 0.717) is 18.8 Å². The van der Waals surface area contributed by atoms with Crippen LogP contribution in [-0.2, 0) is 9.59 Å². The number of nitrogens with one attached hydrogen (secondary N) is 2. The maximum atomic E-state index is 12.6. The van der Waals surface area contributed by atoms with Crippen molar-refractivity contribution < 1.29 is 14.7 Å². The van der Waals surface area contributed by atoms with Crippen LogP contribution in [0.1, 0.15) is 52.4 Å². The first kappa shape index (κ1) is 16.3. The fraction of sp³-hybridized carbons (Fsp3) is 0.875. The first-order chi connectivity index (χ1) is 9.88. The van der Waals surface area contributed by atoms with Crippen molar-refractivity contribution in [3.8, 4) is 0 Å². The van der Waals surface area contributed by atoms with Gasteiger partial charge in [-0.15, -0.1) is 0 Å². The Morgan fingerprint density at radius 1 is 1.29 bits per heavy atom. The summed E-state index contributed by atoms with van der Waals surface area (Å²) in [7, 11) is 0. The quantitative estimate of drug-likeness (QED) is 0.722. The van der Waals surface area contributed by atoms with Gasteiger partial charge in [0, 0.05) is 12.0 Å². The first-order valence-electron chi connectivity index (χ1n) is 8.11. The molecule has 1 saturated carbocycles. The van der Waals surface area contributed by atoms with Gasteiger partial charge in [0.1, 0.15) is 0 Å². The summed E-state index contributed by atoms with van der Waals surface area (Å²) in [5, 5.41) is 15.7. The predicted molar refractivity (Wildman–Crippen MR) is 80.9 cm³/mol. The number of carboxylic acid groups (broad SMARTS) is 1. The van der Waals surface area contributed by atoms with Crippen molar-refractivity contribution in [2.45, 2.75) is 52.4 Å². The van der Waals surface area contributed by atoms with Crippen molar-refractivity contribution in [2.24, 2.45) is 16.7 Å². The number of carbonyl (C=O) groups excluding carboxylic acids is 1. The Kier molecular flexibility index (Phi) is 4.91. The lowest BCUT2D eigenvalue weighted by Gasteiger charge is -2.37. The summed E-state index contributed by atoms with van der Waals surface area (Å²) in [6.45, 7) is 6.11. The maximum Gasteiger partial charge on any atom is 0.311 e. The molecule has 0 bridgehead atoms. The van der Waals surface area contributed by atoms with Crippen LogP contribution in [0.5, 0.6) is 0 Å². The maximum absolute atomic E-state index is 12.6. The molecule has 2 fully saturated rings. The molecule has 1 atom stereocenters. The van der Waals surface area contributed by atoms with Crippen molar-refractivity contribution in [1.82, 2.24) is 10.6 Å². The molecule has 0 radical (unpaired) electrons. The van der Waals surface area contributed by atoms with Gasteiger partial charge in [0.25, 0.3) is 0 Å². The molecule has 0 aromatic heterocycles. The van der Waals surface area contributed by atoms with Crippen molar-refractivity contribution >= 4 is 11.9 Å². The minimum atomic E-state index is -0.766. The number of hydrogen-bond acceptors (Lipinski definition) is 3. The van der Waals surface area contributed by atoms with Crippen molar-refractivity contribution in [1.29, 1.82) is 0 Å². The minimum absolute atomic E-state index is 0.0104. The molecule has 1 saturated heterocycles. The van der Waals surface area contributed by atoms with Crippen LogP contribution >= 0.6 is 0 Å². The zero-order valence-corrected chi connectivity index (χ0v) is 13.2. The van der Waals surface area contributed by atoms with Crippen molar-refractivity contribution in [2.75, 3.05) is 19.6 Å². The summed E-state index contributed by atoms with van der Waals surface area (Å²) in [6, 6.07) is 0. The van der Waals surface area contributed by atoms with Gasteiger partial charge in [0.2, 0.25) is 5.91 Å². The van der Waals surface area contributed by atoms with Crippen LogP contribution in [-0.4, -0.2) is 36.6 Å². The highest BCUT2D eigenvalue weighted by molar-refractivity contribution is 5.83. The Morgan fingerprint density at radius 3 is 2.48 bits per heavy atom. The fourth-order valence-corrected chi connectivity index (χ4v) is 3.65. The Morgan fingerprint density at radius 2 is 1.95 bits per heavy atom. The molecule has 1 heterocycles. The molecule has 5 heteroatoms. The van der Waals surface area contributed by atoms with Gasteiger partial charge in [-0.2, -0.15) is 0 Å². The Bertz CT molecular complexity index is 394. The number of hydrogen-bond donors (Lipinski definition) is 3. The number of aliphatic carboxylic acids is 1. The molecule has 2 aliphatic rings. The Balaban J connectivity index is 1.95. The summed E-state index contributed by atoms with van der Waals surface area (Å²) in [5.41, 5.74) is -1.19. The van der Waals surface area contributed by atoms with Gasteiger partial charge in [-0.05, 0) is 44.7 Å². The molecular formula is C16H28N2O3. The SMILES string of the molecule is CC(C)(C(=O)NCC1(C(=O)O)CCCC1)C1CCCNC1. The van der Waals surface area contributed by atoms with E-state index in [2.05, 4.69) is 10.6 Å². The van der Waals surface area contributed by atoms with Crippen LogP contribution in [0.4, 0.5) is 0 Å². The zero-order chi connectivity index (χ0) is 15.5. The monoisotopic (exact) mass is 296 g/mol. The second-order valence-electron chi connectivity index (χ2n) is 7.24. The molecule has 1 amide bonds. The lowest BCUT2D eigenvalue weighted by Crippen LogP contribution is -2.50. The number of piperidine rings is 1. The van der Waals surface area contributed by atoms with Crippen LogP contribution in [0, 0.1) is 16.7 Å². The third-order valence-corrected chi connectivity index (χ3v) is 5.50. The molecule has 5 nitrogen and oxygen atoms in total. The van der Waals surface area contributed by atoms with E-state index in [-0.39, 0.29) is 12.5 Å². The van der Waals surface area contributed by atoms with E-state index >= 15 is 0 Å². The fourth-order valence-electron chi connectivity index (χ4n) is 3.65. The summed E-state index contributed by atoms with van der Waals surface area (Å²) in [4.78, 5) is 24.1. The third-order valence-electron chi connectivity index (χ3n) is 5.50. The van der Waals surface area contributed by atoms with Crippen molar-refractivity contribution in [3.63, 3.8) is 0 Å². The highest BCUT2D eigenvalue weighted by Crippen LogP contribution is 2.38. The van der Waals surface area contributed by atoms with E-state index in [4.69, 9.17) is 0 Å². The van der Waals surface area contributed by atoms with Crippen LogP contribution in [0.2, 0.25) is 0 Å². The summed E-state index contributed by atoms with van der Waals surface area (Å²) in [6.07, 6.45) is 5.39. The third kappa shape index (κ3) is 3.39. The van der Waals surface area contributed by atoms with Crippen molar-refractivity contribution in [3.05, 3.63) is 0 Å². The zero-order valence-electron chi connectivity index (χ0n) is 13.2. The van der Waals surface area contributed by atoms with Gasteiger partial charge in [0.15, 0.2) is 0 Å². The number of carbonyl (C=O) groups is 2. The lowest BCUT2D eigenvalue weighted by atomic mass is 9.74. The normalized spacial score (nSPS) is 25.5. The number of rotatable bonds is 5. The number of carboxylic acids is 1. The Hall–Kier alpha value is -1.10. The van der Waals surface area contributed by atoms with E-state index in [1.165, 1.54) is 0 Å². The van der Waals surface area contributed by atoms with Gasteiger partial charge in [-0.25, -0.2) is 0 Å². The van der Waals surface area contributed by atoms with Gasteiger partial charge < -0.3 is 15.7 Å². The van der Waals surface area contributed by atoms with Gasteiger partial charge >= 0.3 is 5.97 Å². The molecule has 120 valence electrons. The average molecular weight is 296 g/mol. The van der Waals surface area contributed by atoms with E-state index < -0.39 is 16.8 Å². The molecule has 3 N–H and O–H groups in total. The molecule has 0 aromatic rings. The molecule has 21 heavy (non-hydrogen) atoms. The van der Waals surface area contributed by atoms with E-state index in [0.717, 1.165) is 38.8 Å². The smallest absolute Gasteiger partial charge is 0.311 e. The van der Waals surface area contributed by atoms with Gasteiger partial charge in [-0.3, -0.25) is 9.59 Å². The second kappa shape index (κ2) is 6.34. The summed E-state index contributed by atoms with van der Waals surface area (Å²) >= 11 is 0. The van der Waals surface area contributed by atoms with E-state index in [1.54, 1.807) is 0 Å². The van der Waals surface area contributed by atoms with Crippen LogP contribution in [0.3, 0.4) is 0 Å². The summed E-state index contributed by atoms with van der Waals surface area (Å²) in [5.74, 6) is -0.461. The standard InChI is InChI=1S/C16H28N2O3/c1-15(2,12-6-5-9-17-10-12)13(19)18-11-16(14(20)21)7-3-4-8-16/h12,17H,3-11H2,1-2H3,(H,18,19)(H,20,21).